The zero-order valence-corrected chi connectivity index (χ0v) is 16.4. The lowest BCUT2D eigenvalue weighted by Gasteiger charge is -2.17. The highest BCUT2D eigenvalue weighted by Gasteiger charge is 2.37. The van der Waals surface area contributed by atoms with Gasteiger partial charge in [0, 0.05) is 0 Å². The van der Waals surface area contributed by atoms with Crippen LogP contribution in [0, 0.1) is 0 Å². The molecule has 0 saturated carbocycles. The summed E-state index contributed by atoms with van der Waals surface area (Å²) in [5.74, 6) is 0.733. The first-order valence-electron chi connectivity index (χ1n) is 9.35. The van der Waals surface area contributed by atoms with Crippen LogP contribution in [0.5, 0.6) is 0 Å². The first-order chi connectivity index (χ1) is 13.8. The summed E-state index contributed by atoms with van der Waals surface area (Å²) in [6, 6.07) is 18.0. The normalized spacial score (nSPS) is 18.8. The Balaban J connectivity index is 1.63. The Morgan fingerprint density at radius 3 is 2.82 bits per heavy atom. The Hall–Kier alpha value is -2.86. The highest BCUT2D eigenvalue weighted by molar-refractivity contribution is 8.15. The van der Waals surface area contributed by atoms with Crippen molar-refractivity contribution in [2.24, 2.45) is 10.2 Å². The molecule has 2 aromatic carbocycles. The molecule has 1 aliphatic rings. The van der Waals surface area contributed by atoms with E-state index >= 15 is 0 Å². The molecule has 0 N–H and O–H groups in total. The smallest absolute Gasteiger partial charge is 0.242 e. The number of rotatable bonds is 6. The monoisotopic (exact) mass is 391 g/mol. The van der Waals surface area contributed by atoms with Crippen molar-refractivity contribution in [2.45, 2.75) is 31.6 Å². The van der Waals surface area contributed by atoms with Gasteiger partial charge in [-0.3, -0.25) is 9.69 Å². The maximum Gasteiger partial charge on any atom is 0.242 e. The van der Waals surface area contributed by atoms with Gasteiger partial charge in [-0.1, -0.05) is 67.6 Å². The van der Waals surface area contributed by atoms with Crippen LogP contribution in [-0.2, 0) is 11.3 Å². The molecule has 0 aliphatic carbocycles. The first kappa shape index (κ1) is 18.5. The van der Waals surface area contributed by atoms with Crippen molar-refractivity contribution in [3.63, 3.8) is 0 Å². The molecular formula is C22H21N3O2S. The number of amides is 1. The van der Waals surface area contributed by atoms with Gasteiger partial charge in [0.25, 0.3) is 0 Å². The van der Waals surface area contributed by atoms with E-state index in [-0.39, 0.29) is 11.2 Å². The van der Waals surface area contributed by atoms with E-state index in [0.717, 1.165) is 23.8 Å². The fourth-order valence-corrected chi connectivity index (χ4v) is 4.49. The minimum atomic E-state index is -0.0995. The van der Waals surface area contributed by atoms with E-state index in [1.165, 1.54) is 17.1 Å². The summed E-state index contributed by atoms with van der Waals surface area (Å²) in [5.41, 5.74) is 1.10. The summed E-state index contributed by atoms with van der Waals surface area (Å²) in [6.07, 6.45) is 4.93. The maximum atomic E-state index is 13.0. The van der Waals surface area contributed by atoms with Crippen LogP contribution in [0.3, 0.4) is 0 Å². The molecule has 5 nitrogen and oxygen atoms in total. The SMILES string of the molecule is CCCC1S/C(=N\N=C\c2ccco2)N(Cc2cccc3ccccc23)C1=O. The van der Waals surface area contributed by atoms with Gasteiger partial charge in [-0.05, 0) is 34.9 Å². The molecule has 142 valence electrons. The van der Waals surface area contributed by atoms with Crippen LogP contribution >= 0.6 is 11.8 Å². The predicted molar refractivity (Wildman–Crippen MR) is 115 cm³/mol. The number of hydrogen-bond acceptors (Lipinski definition) is 5. The summed E-state index contributed by atoms with van der Waals surface area (Å²) in [5, 5.41) is 11.3. The molecular weight excluding hydrogens is 370 g/mol. The van der Waals surface area contributed by atoms with E-state index in [2.05, 4.69) is 41.4 Å². The number of fused-ring (bicyclic) bond motifs is 1. The molecule has 28 heavy (non-hydrogen) atoms. The summed E-state index contributed by atoms with van der Waals surface area (Å²) in [6.45, 7) is 2.58. The molecule has 2 heterocycles. The maximum absolute atomic E-state index is 13.0. The van der Waals surface area contributed by atoms with Crippen LogP contribution in [0.25, 0.3) is 10.8 Å². The topological polar surface area (TPSA) is 58.2 Å². The standard InChI is InChI=1S/C22H21N3O2S/c1-2-7-20-21(26)25(22(28-20)24-23-14-18-11-6-13-27-18)15-17-10-5-9-16-8-3-4-12-19(16)17/h3-6,8-14,20H,2,7,15H2,1H3/b23-14+,24-22-. The van der Waals surface area contributed by atoms with Gasteiger partial charge in [0.05, 0.1) is 24.3 Å². The molecule has 1 saturated heterocycles. The quantitative estimate of drug-likeness (QED) is 0.435. The van der Waals surface area contributed by atoms with Crippen LogP contribution in [-0.4, -0.2) is 27.4 Å². The predicted octanol–water partition coefficient (Wildman–Crippen LogP) is 5.07. The summed E-state index contributed by atoms with van der Waals surface area (Å²) >= 11 is 1.50. The van der Waals surface area contributed by atoms with Gasteiger partial charge in [0.1, 0.15) is 5.76 Å². The van der Waals surface area contributed by atoms with Crippen LogP contribution < -0.4 is 0 Å². The third-order valence-electron chi connectivity index (χ3n) is 4.65. The van der Waals surface area contributed by atoms with E-state index in [4.69, 9.17) is 4.42 Å². The Kier molecular flexibility index (Phi) is 5.58. The fourth-order valence-electron chi connectivity index (χ4n) is 3.28. The molecule has 0 radical (unpaired) electrons. The number of hydrogen-bond donors (Lipinski definition) is 0. The van der Waals surface area contributed by atoms with Crippen LogP contribution in [0.4, 0.5) is 0 Å². The van der Waals surface area contributed by atoms with Crippen molar-refractivity contribution in [3.05, 3.63) is 72.2 Å². The average Bonchev–Trinajstić information content (AvgIpc) is 3.33. The van der Waals surface area contributed by atoms with Crippen molar-refractivity contribution in [1.29, 1.82) is 0 Å². The summed E-state index contributed by atoms with van der Waals surface area (Å²) in [7, 11) is 0. The fraction of sp³-hybridized carbons (Fsp3) is 0.227. The number of amidine groups is 1. The van der Waals surface area contributed by atoms with Gasteiger partial charge in [0.15, 0.2) is 5.17 Å². The lowest BCUT2D eigenvalue weighted by atomic mass is 10.0. The number of carbonyl (C=O) groups excluding carboxylic acids is 1. The van der Waals surface area contributed by atoms with Gasteiger partial charge in [-0.25, -0.2) is 0 Å². The third kappa shape index (κ3) is 3.87. The largest absolute Gasteiger partial charge is 0.463 e. The van der Waals surface area contributed by atoms with Gasteiger partial charge < -0.3 is 4.42 Å². The van der Waals surface area contributed by atoms with Crippen molar-refractivity contribution in [2.75, 3.05) is 0 Å². The molecule has 1 fully saturated rings. The Morgan fingerprint density at radius 1 is 1.14 bits per heavy atom. The average molecular weight is 391 g/mol. The highest BCUT2D eigenvalue weighted by Crippen LogP contribution is 2.32. The second kappa shape index (κ2) is 8.44. The minimum absolute atomic E-state index is 0.0995. The first-order valence-corrected chi connectivity index (χ1v) is 10.2. The molecule has 3 aromatic rings. The van der Waals surface area contributed by atoms with Crippen molar-refractivity contribution < 1.29 is 9.21 Å². The van der Waals surface area contributed by atoms with Gasteiger partial charge >= 0.3 is 0 Å². The Bertz CT molecular complexity index is 1020. The molecule has 0 spiro atoms. The molecule has 1 amide bonds. The van der Waals surface area contributed by atoms with Crippen molar-refractivity contribution in [3.8, 4) is 0 Å². The molecule has 6 heteroatoms. The van der Waals surface area contributed by atoms with E-state index in [1.54, 1.807) is 23.4 Å². The van der Waals surface area contributed by atoms with Gasteiger partial charge in [-0.2, -0.15) is 5.10 Å². The van der Waals surface area contributed by atoms with E-state index in [1.807, 2.05) is 24.3 Å². The number of thioether (sulfide) groups is 1. The van der Waals surface area contributed by atoms with Gasteiger partial charge in [0.2, 0.25) is 5.91 Å². The number of carbonyl (C=O) groups is 1. The van der Waals surface area contributed by atoms with Crippen LogP contribution in [0.15, 0.2) is 75.5 Å². The van der Waals surface area contributed by atoms with Crippen LogP contribution in [0.1, 0.15) is 31.1 Å². The minimum Gasteiger partial charge on any atom is -0.463 e. The lowest BCUT2D eigenvalue weighted by Crippen LogP contribution is -2.31. The summed E-state index contributed by atoms with van der Waals surface area (Å²) < 4.78 is 5.24. The van der Waals surface area contributed by atoms with E-state index in [9.17, 15) is 4.79 Å². The zero-order chi connectivity index (χ0) is 19.3. The van der Waals surface area contributed by atoms with E-state index < -0.39 is 0 Å². The Morgan fingerprint density at radius 2 is 2.00 bits per heavy atom. The molecule has 1 aromatic heterocycles. The molecule has 1 aliphatic heterocycles. The van der Waals surface area contributed by atoms with Crippen molar-refractivity contribution in [1.82, 2.24) is 4.90 Å². The lowest BCUT2D eigenvalue weighted by molar-refractivity contribution is -0.126. The Labute approximate surface area is 168 Å². The highest BCUT2D eigenvalue weighted by atomic mass is 32.2. The molecule has 0 bridgehead atoms. The zero-order valence-electron chi connectivity index (χ0n) is 15.6. The molecule has 4 rings (SSSR count). The second-order valence-electron chi connectivity index (χ2n) is 6.60. The number of nitrogens with zero attached hydrogens (tertiary/aromatic N) is 3. The second-order valence-corrected chi connectivity index (χ2v) is 7.77. The molecule has 1 unspecified atom stereocenters. The summed E-state index contributed by atoms with van der Waals surface area (Å²) in [4.78, 5) is 14.7. The molecule has 1 atom stereocenters. The third-order valence-corrected chi connectivity index (χ3v) is 5.89. The number of furan rings is 1. The van der Waals surface area contributed by atoms with E-state index in [0.29, 0.717) is 17.5 Å². The van der Waals surface area contributed by atoms with Crippen LogP contribution in [0.2, 0.25) is 0 Å². The van der Waals surface area contributed by atoms with Gasteiger partial charge in [-0.15, -0.1) is 5.10 Å². The van der Waals surface area contributed by atoms with Crippen molar-refractivity contribution >= 4 is 39.8 Å². The number of benzene rings is 2.